The van der Waals surface area contributed by atoms with Gasteiger partial charge in [-0.3, -0.25) is 14.7 Å². The quantitative estimate of drug-likeness (QED) is 0.603. The van der Waals surface area contributed by atoms with Crippen molar-refractivity contribution < 1.29 is 4.74 Å². The predicted octanol–water partition coefficient (Wildman–Crippen LogP) is 1.55. The molecule has 0 spiro atoms. The predicted molar refractivity (Wildman–Crippen MR) is 133 cm³/mol. The van der Waals surface area contributed by atoms with Crippen LogP contribution in [0.5, 0.6) is 0 Å². The highest BCUT2D eigenvalue weighted by Crippen LogP contribution is 2.37. The zero-order valence-electron chi connectivity index (χ0n) is 19.3. The van der Waals surface area contributed by atoms with E-state index in [0.29, 0.717) is 6.04 Å². The number of piperidine rings is 3. The molecule has 4 atom stereocenters. The molecule has 0 radical (unpaired) electrons. The number of nitrogens with zero attached hydrogens (tertiary/aromatic N) is 3. The van der Waals surface area contributed by atoms with Crippen LogP contribution in [0.25, 0.3) is 0 Å². The van der Waals surface area contributed by atoms with Crippen LogP contribution in [0.3, 0.4) is 0 Å². The van der Waals surface area contributed by atoms with Crippen molar-refractivity contribution in [1.82, 2.24) is 25.3 Å². The second-order valence-corrected chi connectivity index (χ2v) is 10.4. The second-order valence-electron chi connectivity index (χ2n) is 10.0. The van der Waals surface area contributed by atoms with E-state index in [2.05, 4.69) is 49.6 Å². The first-order valence-corrected chi connectivity index (χ1v) is 13.0. The zero-order chi connectivity index (χ0) is 21.8. The molecule has 176 valence electrons. The van der Waals surface area contributed by atoms with E-state index in [-0.39, 0.29) is 0 Å². The summed E-state index contributed by atoms with van der Waals surface area (Å²) in [6, 6.07) is 9.63. The maximum atomic E-state index is 5.55. The molecule has 4 saturated heterocycles. The van der Waals surface area contributed by atoms with Gasteiger partial charge in [0.25, 0.3) is 0 Å². The summed E-state index contributed by atoms with van der Waals surface area (Å²) in [5.41, 5.74) is 3.09. The summed E-state index contributed by atoms with van der Waals surface area (Å²) in [4.78, 5) is 7.87. The molecule has 32 heavy (non-hydrogen) atoms. The minimum atomic E-state index is 0.631. The number of fused-ring (bicyclic) bond motifs is 4. The topological polar surface area (TPSA) is 43.0 Å². The number of thiocarbonyl (C=S) groups is 1. The van der Waals surface area contributed by atoms with Gasteiger partial charge in [-0.1, -0.05) is 24.3 Å². The fourth-order valence-electron chi connectivity index (χ4n) is 6.14. The van der Waals surface area contributed by atoms with Crippen LogP contribution in [-0.4, -0.2) is 98.0 Å². The summed E-state index contributed by atoms with van der Waals surface area (Å²) in [5.74, 6) is 1.69. The molecule has 6 rings (SSSR count). The van der Waals surface area contributed by atoms with Gasteiger partial charge in [-0.05, 0) is 61.0 Å². The van der Waals surface area contributed by atoms with Crippen molar-refractivity contribution in [3.8, 4) is 0 Å². The molecule has 0 aliphatic carbocycles. The molecule has 0 saturated carbocycles. The van der Waals surface area contributed by atoms with E-state index in [4.69, 9.17) is 17.0 Å². The third-order valence-electron chi connectivity index (χ3n) is 8.03. The van der Waals surface area contributed by atoms with Crippen LogP contribution in [0.4, 0.5) is 0 Å². The normalized spacial score (nSPS) is 30.6. The molecule has 0 aromatic heterocycles. The second kappa shape index (κ2) is 10.8. The number of benzene rings is 1. The fourth-order valence-corrected chi connectivity index (χ4v) is 6.32. The minimum absolute atomic E-state index is 0.631. The lowest BCUT2D eigenvalue weighted by Crippen LogP contribution is -2.59. The van der Waals surface area contributed by atoms with E-state index in [1.54, 1.807) is 5.56 Å². The summed E-state index contributed by atoms with van der Waals surface area (Å²) >= 11 is 5.55. The molecule has 4 fully saturated rings. The first-order valence-electron chi connectivity index (χ1n) is 12.6. The van der Waals surface area contributed by atoms with Crippen molar-refractivity contribution in [2.75, 3.05) is 72.1 Å². The van der Waals surface area contributed by atoms with Gasteiger partial charge < -0.3 is 15.4 Å². The number of hydrogen-bond donors (Lipinski definition) is 2. The summed E-state index contributed by atoms with van der Waals surface area (Å²) in [6.07, 6.45) is 3.89. The Morgan fingerprint density at radius 1 is 1.03 bits per heavy atom. The number of nitrogens with one attached hydrogen (secondary N) is 2. The molecule has 2 N–H and O–H groups in total. The Morgan fingerprint density at radius 2 is 1.88 bits per heavy atom. The molecule has 1 aromatic rings. The lowest BCUT2D eigenvalue weighted by molar-refractivity contribution is -0.0121. The third-order valence-corrected chi connectivity index (χ3v) is 8.32. The van der Waals surface area contributed by atoms with Crippen LogP contribution >= 0.6 is 12.2 Å². The standard InChI is InChI=1S/C25H39N5OS/c32-25(26-7-10-28-11-13-31-14-12-28)27-16-24-15-21-6-9-30(24)19-23(21)18-29-8-5-20-3-1-2-4-22(20)17-29/h1-4,21,23-24H,5-19H2,(H2,26,27,32). The first kappa shape index (κ1) is 22.5. The molecule has 4 unspecified atom stereocenters. The Bertz CT molecular complexity index is 770. The Kier molecular flexibility index (Phi) is 7.60. The lowest BCUT2D eigenvalue weighted by atomic mass is 9.75. The van der Waals surface area contributed by atoms with Crippen LogP contribution in [0, 0.1) is 11.8 Å². The van der Waals surface area contributed by atoms with Crippen LogP contribution in [0.1, 0.15) is 24.0 Å². The molecule has 5 aliphatic heterocycles. The third kappa shape index (κ3) is 5.62. The van der Waals surface area contributed by atoms with Crippen molar-refractivity contribution >= 4 is 17.3 Å². The summed E-state index contributed by atoms with van der Waals surface area (Å²) in [5, 5.41) is 7.71. The molecule has 6 nitrogen and oxygen atoms in total. The fraction of sp³-hybridized carbons (Fsp3) is 0.720. The number of rotatable bonds is 7. The van der Waals surface area contributed by atoms with Gasteiger partial charge in [0.2, 0.25) is 0 Å². The summed E-state index contributed by atoms with van der Waals surface area (Å²) in [7, 11) is 0. The van der Waals surface area contributed by atoms with E-state index >= 15 is 0 Å². The smallest absolute Gasteiger partial charge is 0.166 e. The highest BCUT2D eigenvalue weighted by Gasteiger charge is 2.40. The van der Waals surface area contributed by atoms with Gasteiger partial charge in [0.05, 0.1) is 13.2 Å². The van der Waals surface area contributed by atoms with Crippen LogP contribution < -0.4 is 10.6 Å². The SMILES string of the molecule is S=C(NCCN1CCOCC1)NCC1CC2CCN1CC2CN1CCc2ccccc2C1. The van der Waals surface area contributed by atoms with Gasteiger partial charge >= 0.3 is 0 Å². The van der Waals surface area contributed by atoms with E-state index in [0.717, 1.165) is 69.4 Å². The van der Waals surface area contributed by atoms with Gasteiger partial charge in [0, 0.05) is 64.9 Å². The summed E-state index contributed by atoms with van der Waals surface area (Å²) < 4.78 is 5.41. The average Bonchev–Trinajstić information content (AvgIpc) is 2.84. The van der Waals surface area contributed by atoms with Gasteiger partial charge in [0.15, 0.2) is 5.11 Å². The molecule has 2 bridgehead atoms. The Balaban J connectivity index is 1.02. The van der Waals surface area contributed by atoms with Crippen molar-refractivity contribution in [3.63, 3.8) is 0 Å². The zero-order valence-corrected chi connectivity index (χ0v) is 20.1. The average molecular weight is 458 g/mol. The molecular weight excluding hydrogens is 418 g/mol. The van der Waals surface area contributed by atoms with Crippen molar-refractivity contribution in [1.29, 1.82) is 0 Å². The number of hydrogen-bond acceptors (Lipinski definition) is 5. The largest absolute Gasteiger partial charge is 0.379 e. The Labute approximate surface area is 198 Å². The lowest BCUT2D eigenvalue weighted by Gasteiger charge is -2.51. The number of ether oxygens (including phenoxy) is 1. The maximum absolute atomic E-state index is 5.55. The molecule has 5 aliphatic rings. The number of morpholine rings is 1. The highest BCUT2D eigenvalue weighted by molar-refractivity contribution is 7.80. The Morgan fingerprint density at radius 3 is 2.69 bits per heavy atom. The highest BCUT2D eigenvalue weighted by atomic mass is 32.1. The van der Waals surface area contributed by atoms with Gasteiger partial charge in [-0.2, -0.15) is 0 Å². The van der Waals surface area contributed by atoms with Crippen LogP contribution in [-0.2, 0) is 17.7 Å². The minimum Gasteiger partial charge on any atom is -0.379 e. The van der Waals surface area contributed by atoms with Crippen molar-refractivity contribution in [3.05, 3.63) is 35.4 Å². The van der Waals surface area contributed by atoms with E-state index in [1.807, 2.05) is 0 Å². The van der Waals surface area contributed by atoms with Gasteiger partial charge in [-0.25, -0.2) is 0 Å². The van der Waals surface area contributed by atoms with Crippen LogP contribution in [0.15, 0.2) is 24.3 Å². The molecule has 5 heterocycles. The van der Waals surface area contributed by atoms with Gasteiger partial charge in [0.1, 0.15) is 0 Å². The monoisotopic (exact) mass is 457 g/mol. The summed E-state index contributed by atoms with van der Waals surface area (Å²) in [6.45, 7) is 12.8. The van der Waals surface area contributed by atoms with Crippen molar-refractivity contribution in [2.45, 2.75) is 31.8 Å². The molecule has 0 amide bonds. The molecule has 7 heteroatoms. The molecule has 1 aromatic carbocycles. The van der Waals surface area contributed by atoms with E-state index in [9.17, 15) is 0 Å². The van der Waals surface area contributed by atoms with E-state index < -0.39 is 0 Å². The maximum Gasteiger partial charge on any atom is 0.166 e. The van der Waals surface area contributed by atoms with E-state index in [1.165, 1.54) is 51.0 Å². The van der Waals surface area contributed by atoms with Gasteiger partial charge in [-0.15, -0.1) is 0 Å². The Hall–Kier alpha value is -1.25. The van der Waals surface area contributed by atoms with Crippen molar-refractivity contribution in [2.24, 2.45) is 11.8 Å². The van der Waals surface area contributed by atoms with Crippen LogP contribution in [0.2, 0.25) is 0 Å². The first-order chi connectivity index (χ1) is 15.7. The molecular formula is C25H39N5OS.